The Balaban J connectivity index is 0.00000208. The smallest absolute Gasteiger partial charge is 0.375 e. The standard InChI is InChI=1S/C12H15F3N6S2.ClH/c13-12(14,15)9-18-19-11(23-9)21-3-1-2-20(4-5-21)7-8-6-17-10(16)22-8;/h6H,1-5,7H2,(H2,16,17);1H. The van der Waals surface area contributed by atoms with Crippen molar-refractivity contribution in [2.45, 2.75) is 19.1 Å². The van der Waals surface area contributed by atoms with E-state index in [0.717, 1.165) is 30.9 Å². The zero-order valence-electron chi connectivity index (χ0n) is 12.5. The predicted octanol–water partition coefficient (Wildman–Crippen LogP) is 2.73. The Morgan fingerprint density at radius 1 is 1.12 bits per heavy atom. The minimum atomic E-state index is -4.43. The lowest BCUT2D eigenvalue weighted by Gasteiger charge is -2.20. The van der Waals surface area contributed by atoms with Gasteiger partial charge in [-0.15, -0.1) is 33.9 Å². The van der Waals surface area contributed by atoms with Crippen molar-refractivity contribution in [1.82, 2.24) is 20.1 Å². The Hall–Kier alpha value is -1.17. The van der Waals surface area contributed by atoms with E-state index in [1.54, 1.807) is 6.20 Å². The molecule has 2 aromatic heterocycles. The Labute approximate surface area is 150 Å². The third-order valence-electron chi connectivity index (χ3n) is 3.47. The van der Waals surface area contributed by atoms with E-state index in [2.05, 4.69) is 20.1 Å². The van der Waals surface area contributed by atoms with Gasteiger partial charge in [-0.25, -0.2) is 4.98 Å². The topological polar surface area (TPSA) is 71.2 Å². The fraction of sp³-hybridized carbons (Fsp3) is 0.583. The van der Waals surface area contributed by atoms with Gasteiger partial charge in [0.2, 0.25) is 10.1 Å². The van der Waals surface area contributed by atoms with Crippen LogP contribution in [0.25, 0.3) is 0 Å². The number of halogens is 4. The first kappa shape index (κ1) is 19.2. The number of aromatic nitrogens is 3. The number of nitrogens with zero attached hydrogens (tertiary/aromatic N) is 5. The van der Waals surface area contributed by atoms with Crippen molar-refractivity contribution in [3.05, 3.63) is 16.1 Å². The molecule has 0 aliphatic carbocycles. The molecule has 0 atom stereocenters. The van der Waals surface area contributed by atoms with Gasteiger partial charge in [0, 0.05) is 43.8 Å². The van der Waals surface area contributed by atoms with Crippen molar-refractivity contribution in [3.63, 3.8) is 0 Å². The van der Waals surface area contributed by atoms with Crippen LogP contribution < -0.4 is 10.6 Å². The average molecular weight is 401 g/mol. The average Bonchev–Trinajstić information content (AvgIpc) is 3.05. The summed E-state index contributed by atoms with van der Waals surface area (Å²) in [7, 11) is 0. The maximum atomic E-state index is 12.6. The summed E-state index contributed by atoms with van der Waals surface area (Å²) < 4.78 is 37.9. The zero-order chi connectivity index (χ0) is 16.4. The van der Waals surface area contributed by atoms with Crippen LogP contribution in [0.4, 0.5) is 23.4 Å². The molecule has 1 aliphatic rings. The summed E-state index contributed by atoms with van der Waals surface area (Å²) in [4.78, 5) is 9.24. The van der Waals surface area contributed by atoms with E-state index < -0.39 is 11.2 Å². The highest BCUT2D eigenvalue weighted by Gasteiger charge is 2.36. The molecule has 1 fully saturated rings. The molecule has 134 valence electrons. The monoisotopic (exact) mass is 400 g/mol. The van der Waals surface area contributed by atoms with Crippen LogP contribution in [0.5, 0.6) is 0 Å². The summed E-state index contributed by atoms with van der Waals surface area (Å²) in [6.07, 6.45) is -1.81. The van der Waals surface area contributed by atoms with Gasteiger partial charge in [-0.1, -0.05) is 11.3 Å². The van der Waals surface area contributed by atoms with Crippen LogP contribution in [0.3, 0.4) is 0 Å². The van der Waals surface area contributed by atoms with Crippen LogP contribution in [0.1, 0.15) is 16.3 Å². The molecule has 3 heterocycles. The third kappa shape index (κ3) is 4.68. The van der Waals surface area contributed by atoms with Gasteiger partial charge < -0.3 is 10.6 Å². The molecule has 0 saturated carbocycles. The van der Waals surface area contributed by atoms with Gasteiger partial charge in [-0.2, -0.15) is 13.2 Å². The van der Waals surface area contributed by atoms with Gasteiger partial charge in [0.25, 0.3) is 0 Å². The molecule has 3 rings (SSSR count). The van der Waals surface area contributed by atoms with E-state index in [1.165, 1.54) is 11.3 Å². The Morgan fingerprint density at radius 2 is 1.92 bits per heavy atom. The minimum absolute atomic E-state index is 0. The van der Waals surface area contributed by atoms with Gasteiger partial charge in [-0.3, -0.25) is 4.90 Å². The van der Waals surface area contributed by atoms with Crippen LogP contribution in [0.15, 0.2) is 6.20 Å². The fourth-order valence-corrected chi connectivity index (χ4v) is 3.88. The quantitative estimate of drug-likeness (QED) is 0.854. The van der Waals surface area contributed by atoms with E-state index in [9.17, 15) is 13.2 Å². The minimum Gasteiger partial charge on any atom is -0.375 e. The van der Waals surface area contributed by atoms with Crippen LogP contribution in [0, 0.1) is 0 Å². The van der Waals surface area contributed by atoms with Gasteiger partial charge in [-0.05, 0) is 6.42 Å². The molecule has 0 spiro atoms. The lowest BCUT2D eigenvalue weighted by atomic mass is 10.4. The molecule has 0 unspecified atom stereocenters. The summed E-state index contributed by atoms with van der Waals surface area (Å²) >= 11 is 2.06. The molecule has 0 bridgehead atoms. The van der Waals surface area contributed by atoms with Crippen LogP contribution in [0.2, 0.25) is 0 Å². The fourth-order valence-electron chi connectivity index (χ4n) is 2.39. The third-order valence-corrected chi connectivity index (χ3v) is 5.31. The molecule has 1 aliphatic heterocycles. The molecule has 2 aromatic rings. The highest BCUT2D eigenvalue weighted by atomic mass is 35.5. The number of anilines is 2. The maximum Gasteiger partial charge on any atom is 0.445 e. The molecule has 24 heavy (non-hydrogen) atoms. The van der Waals surface area contributed by atoms with E-state index in [-0.39, 0.29) is 12.4 Å². The van der Waals surface area contributed by atoms with Gasteiger partial charge in [0.15, 0.2) is 5.13 Å². The number of rotatable bonds is 3. The maximum absolute atomic E-state index is 12.6. The Kier molecular flexibility index (Phi) is 6.23. The molecule has 1 saturated heterocycles. The van der Waals surface area contributed by atoms with Crippen molar-refractivity contribution in [3.8, 4) is 0 Å². The van der Waals surface area contributed by atoms with Gasteiger partial charge >= 0.3 is 6.18 Å². The SMILES string of the molecule is Cl.Nc1ncc(CN2CCCN(c3nnc(C(F)(F)F)s3)CC2)s1. The number of hydrogen-bond donors (Lipinski definition) is 1. The number of nitrogen functional groups attached to an aromatic ring is 1. The van der Waals surface area contributed by atoms with Crippen LogP contribution >= 0.6 is 35.1 Å². The number of alkyl halides is 3. The van der Waals surface area contributed by atoms with E-state index in [0.29, 0.717) is 34.7 Å². The Bertz CT molecular complexity index is 661. The summed E-state index contributed by atoms with van der Waals surface area (Å²) in [6.45, 7) is 3.68. The van der Waals surface area contributed by atoms with Gasteiger partial charge in [0.1, 0.15) is 0 Å². The zero-order valence-corrected chi connectivity index (χ0v) is 14.9. The molecule has 0 amide bonds. The Morgan fingerprint density at radius 3 is 2.54 bits per heavy atom. The van der Waals surface area contributed by atoms with Crippen LogP contribution in [-0.4, -0.2) is 46.3 Å². The summed E-state index contributed by atoms with van der Waals surface area (Å²) in [5, 5.41) is 6.93. The number of thiazole rings is 1. The van der Waals surface area contributed by atoms with Crippen molar-refractivity contribution in [2.24, 2.45) is 0 Å². The molecule has 0 radical (unpaired) electrons. The summed E-state index contributed by atoms with van der Waals surface area (Å²) in [5.74, 6) is 0. The molecule has 2 N–H and O–H groups in total. The van der Waals surface area contributed by atoms with E-state index in [1.807, 2.05) is 4.90 Å². The second kappa shape index (κ2) is 7.81. The normalized spacial score (nSPS) is 16.7. The molecular formula is C12H16ClF3N6S2. The van der Waals surface area contributed by atoms with Crippen molar-refractivity contribution in [1.29, 1.82) is 0 Å². The highest BCUT2D eigenvalue weighted by molar-refractivity contribution is 7.15. The highest BCUT2D eigenvalue weighted by Crippen LogP contribution is 2.34. The van der Waals surface area contributed by atoms with Gasteiger partial charge in [0.05, 0.1) is 0 Å². The first-order valence-corrected chi connectivity index (χ1v) is 8.63. The number of hydrogen-bond acceptors (Lipinski definition) is 8. The van der Waals surface area contributed by atoms with Crippen molar-refractivity contribution < 1.29 is 13.2 Å². The molecular weight excluding hydrogens is 385 g/mol. The van der Waals surface area contributed by atoms with Crippen molar-refractivity contribution >= 4 is 45.3 Å². The predicted molar refractivity (Wildman–Crippen MR) is 90.8 cm³/mol. The van der Waals surface area contributed by atoms with Crippen LogP contribution in [-0.2, 0) is 12.7 Å². The molecule has 12 heteroatoms. The lowest BCUT2D eigenvalue weighted by molar-refractivity contribution is -0.138. The largest absolute Gasteiger partial charge is 0.445 e. The lowest BCUT2D eigenvalue weighted by Crippen LogP contribution is -2.30. The second-order valence-electron chi connectivity index (χ2n) is 5.17. The van der Waals surface area contributed by atoms with E-state index in [4.69, 9.17) is 5.73 Å². The second-order valence-corrected chi connectivity index (χ2v) is 7.27. The molecule has 0 aromatic carbocycles. The number of nitrogens with two attached hydrogens (primary N) is 1. The summed E-state index contributed by atoms with van der Waals surface area (Å²) in [6, 6.07) is 0. The van der Waals surface area contributed by atoms with Crippen molar-refractivity contribution in [2.75, 3.05) is 36.8 Å². The first-order valence-electron chi connectivity index (χ1n) is 7.00. The first-order chi connectivity index (χ1) is 10.9. The molecule has 6 nitrogen and oxygen atoms in total. The van der Waals surface area contributed by atoms with E-state index >= 15 is 0 Å². The summed E-state index contributed by atoms with van der Waals surface area (Å²) in [5.41, 5.74) is 5.62.